The zero-order valence-corrected chi connectivity index (χ0v) is 8.88. The van der Waals surface area contributed by atoms with Crippen LogP contribution in [0.5, 0.6) is 0 Å². The third-order valence-electron chi connectivity index (χ3n) is 1.69. The first-order valence-corrected chi connectivity index (χ1v) is 5.89. The molecule has 1 rings (SSSR count). The topological polar surface area (TPSA) is 36.4 Å². The zero-order valence-electron chi connectivity index (χ0n) is 8.06. The first-order valence-electron chi connectivity index (χ1n) is 3.83. The van der Waals surface area contributed by atoms with Crippen molar-refractivity contribution in [2.45, 2.75) is 4.90 Å². The SMILES string of the molecule is [CH]S(C)(O)c1cnccc1N(C)C. The highest BCUT2D eigenvalue weighted by Gasteiger charge is 2.16. The molecule has 13 heavy (non-hydrogen) atoms. The minimum Gasteiger partial charge on any atom is -0.377 e. The summed E-state index contributed by atoms with van der Waals surface area (Å²) >= 11 is 0. The molecule has 1 aromatic rings. The lowest BCUT2D eigenvalue weighted by Gasteiger charge is -2.28. The summed E-state index contributed by atoms with van der Waals surface area (Å²) in [5.41, 5.74) is 0.914. The van der Waals surface area contributed by atoms with Crippen LogP contribution in [0.15, 0.2) is 23.4 Å². The maximum Gasteiger partial charge on any atom is 0.0542 e. The lowest BCUT2D eigenvalue weighted by molar-refractivity contribution is 0.639. The summed E-state index contributed by atoms with van der Waals surface area (Å²) < 4.78 is 9.71. The van der Waals surface area contributed by atoms with E-state index in [0.717, 1.165) is 5.69 Å². The highest BCUT2D eigenvalue weighted by Crippen LogP contribution is 2.50. The fraction of sp³-hybridized carbons (Fsp3) is 0.333. The Bertz CT molecular complexity index is 294. The minimum atomic E-state index is -2.18. The van der Waals surface area contributed by atoms with Crippen molar-refractivity contribution in [2.24, 2.45) is 0 Å². The van der Waals surface area contributed by atoms with E-state index in [1.165, 1.54) is 0 Å². The molecule has 1 unspecified atom stereocenters. The lowest BCUT2D eigenvalue weighted by Crippen LogP contribution is -2.12. The van der Waals surface area contributed by atoms with Crippen molar-refractivity contribution < 1.29 is 4.55 Å². The van der Waals surface area contributed by atoms with Crippen molar-refractivity contribution in [3.63, 3.8) is 0 Å². The van der Waals surface area contributed by atoms with Crippen molar-refractivity contribution in [1.82, 2.24) is 4.98 Å². The Hall–Kier alpha value is -0.740. The standard InChI is InChI=1S/C9H14N2OS/c1-11(2)8-5-6-10-7-9(8)13(3,4)12/h3,5-7,12H,1-2,4H3. The Morgan fingerprint density at radius 2 is 2.15 bits per heavy atom. The highest BCUT2D eigenvalue weighted by molar-refractivity contribution is 8.29. The molecule has 3 nitrogen and oxygen atoms in total. The van der Waals surface area contributed by atoms with E-state index in [1.807, 2.05) is 25.1 Å². The molecule has 0 aromatic carbocycles. The van der Waals surface area contributed by atoms with E-state index in [2.05, 4.69) is 4.98 Å². The predicted molar refractivity (Wildman–Crippen MR) is 57.3 cm³/mol. The van der Waals surface area contributed by atoms with Gasteiger partial charge in [0.25, 0.3) is 0 Å². The Morgan fingerprint density at radius 3 is 2.54 bits per heavy atom. The van der Waals surface area contributed by atoms with Gasteiger partial charge < -0.3 is 9.45 Å². The van der Waals surface area contributed by atoms with Crippen LogP contribution in [0.25, 0.3) is 0 Å². The second kappa shape index (κ2) is 3.55. The van der Waals surface area contributed by atoms with Crippen LogP contribution in [0.2, 0.25) is 0 Å². The van der Waals surface area contributed by atoms with Gasteiger partial charge in [-0.15, -0.1) is 10.3 Å². The molecule has 0 amide bonds. The van der Waals surface area contributed by atoms with Crippen molar-refractivity contribution in [2.75, 3.05) is 25.3 Å². The van der Waals surface area contributed by atoms with Crippen molar-refractivity contribution in [3.8, 4) is 0 Å². The van der Waals surface area contributed by atoms with Crippen LogP contribution in [-0.2, 0) is 0 Å². The van der Waals surface area contributed by atoms with Gasteiger partial charge in [0.15, 0.2) is 0 Å². The summed E-state index contributed by atoms with van der Waals surface area (Å²) in [4.78, 5) is 6.56. The molecule has 0 saturated carbocycles. The first kappa shape index (κ1) is 10.3. The normalized spacial score (nSPS) is 12.7. The van der Waals surface area contributed by atoms with Gasteiger partial charge >= 0.3 is 0 Å². The molecular formula is C9H14N2OS. The number of nitrogens with zero attached hydrogens (tertiary/aromatic N) is 2. The van der Waals surface area contributed by atoms with Gasteiger partial charge in [-0.25, -0.2) is 0 Å². The molecule has 2 radical (unpaired) electrons. The smallest absolute Gasteiger partial charge is 0.0542 e. The molecular weight excluding hydrogens is 184 g/mol. The number of pyridine rings is 1. The van der Waals surface area contributed by atoms with Crippen LogP contribution in [0.1, 0.15) is 0 Å². The van der Waals surface area contributed by atoms with E-state index in [9.17, 15) is 4.55 Å². The Morgan fingerprint density at radius 1 is 1.54 bits per heavy atom. The number of rotatable bonds is 2. The maximum atomic E-state index is 9.71. The Kier molecular flexibility index (Phi) is 2.83. The van der Waals surface area contributed by atoms with Gasteiger partial charge in [0.05, 0.1) is 10.6 Å². The number of hydrogen-bond donors (Lipinski definition) is 1. The van der Waals surface area contributed by atoms with Gasteiger partial charge in [0.2, 0.25) is 0 Å². The average Bonchev–Trinajstić information content (AvgIpc) is 2.03. The first-order chi connectivity index (χ1) is 5.93. The third-order valence-corrected chi connectivity index (χ3v) is 2.89. The van der Waals surface area contributed by atoms with Crippen molar-refractivity contribution in [1.29, 1.82) is 0 Å². The molecule has 0 saturated heterocycles. The molecule has 4 heteroatoms. The van der Waals surface area contributed by atoms with E-state index in [0.29, 0.717) is 4.90 Å². The summed E-state index contributed by atoms with van der Waals surface area (Å²) in [5, 5.41) is 0. The van der Waals surface area contributed by atoms with Crippen molar-refractivity contribution >= 4 is 16.0 Å². The second-order valence-corrected chi connectivity index (χ2v) is 5.49. The largest absolute Gasteiger partial charge is 0.377 e. The number of anilines is 1. The van der Waals surface area contributed by atoms with Crippen LogP contribution < -0.4 is 4.90 Å². The molecule has 0 aliphatic rings. The molecule has 72 valence electrons. The van der Waals surface area contributed by atoms with Gasteiger partial charge in [-0.2, -0.15) is 0 Å². The van der Waals surface area contributed by atoms with Crippen LogP contribution in [0, 0.1) is 6.26 Å². The lowest BCUT2D eigenvalue weighted by atomic mass is 10.4. The molecule has 0 spiro atoms. The molecule has 1 N–H and O–H groups in total. The van der Waals surface area contributed by atoms with E-state index < -0.39 is 10.3 Å². The number of aromatic nitrogens is 1. The maximum absolute atomic E-state index is 9.71. The molecule has 0 fully saturated rings. The summed E-state index contributed by atoms with van der Waals surface area (Å²) in [7, 11) is 1.63. The minimum absolute atomic E-state index is 0.708. The molecule has 1 atom stereocenters. The van der Waals surface area contributed by atoms with Crippen LogP contribution >= 0.6 is 10.3 Å². The summed E-state index contributed by atoms with van der Waals surface area (Å²) in [5.74, 6) is 0. The summed E-state index contributed by atoms with van der Waals surface area (Å²) in [6.07, 6.45) is 10.6. The van der Waals surface area contributed by atoms with Crippen LogP contribution in [-0.4, -0.2) is 29.9 Å². The van der Waals surface area contributed by atoms with Gasteiger partial charge in [0, 0.05) is 32.7 Å². The van der Waals surface area contributed by atoms with Gasteiger partial charge in [0.1, 0.15) is 0 Å². The van der Waals surface area contributed by atoms with Crippen LogP contribution in [0.4, 0.5) is 5.69 Å². The van der Waals surface area contributed by atoms with E-state index in [-0.39, 0.29) is 0 Å². The molecule has 0 aliphatic heterocycles. The monoisotopic (exact) mass is 198 g/mol. The van der Waals surface area contributed by atoms with Gasteiger partial charge in [-0.3, -0.25) is 4.98 Å². The molecule has 0 bridgehead atoms. The third kappa shape index (κ3) is 2.35. The number of hydrogen-bond acceptors (Lipinski definition) is 3. The Balaban J connectivity index is 3.20. The van der Waals surface area contributed by atoms with Gasteiger partial charge in [-0.05, 0) is 12.3 Å². The van der Waals surface area contributed by atoms with E-state index in [1.54, 1.807) is 18.6 Å². The molecule has 0 aliphatic carbocycles. The van der Waals surface area contributed by atoms with Gasteiger partial charge in [-0.1, -0.05) is 0 Å². The Labute approximate surface area is 80.9 Å². The highest BCUT2D eigenvalue weighted by atomic mass is 32.3. The fourth-order valence-corrected chi connectivity index (χ4v) is 2.01. The zero-order chi connectivity index (χ0) is 10.1. The second-order valence-electron chi connectivity index (χ2n) is 3.17. The molecule has 1 heterocycles. The fourth-order valence-electron chi connectivity index (χ4n) is 1.06. The quantitative estimate of drug-likeness (QED) is 0.790. The predicted octanol–water partition coefficient (Wildman–Crippen LogP) is 2.08. The average molecular weight is 198 g/mol. The molecule has 1 aromatic heterocycles. The summed E-state index contributed by atoms with van der Waals surface area (Å²) in [6, 6.07) is 1.84. The van der Waals surface area contributed by atoms with E-state index in [4.69, 9.17) is 6.26 Å². The summed E-state index contributed by atoms with van der Waals surface area (Å²) in [6.45, 7) is 0. The van der Waals surface area contributed by atoms with E-state index >= 15 is 0 Å². The van der Waals surface area contributed by atoms with Crippen LogP contribution in [0.3, 0.4) is 0 Å². The van der Waals surface area contributed by atoms with Crippen molar-refractivity contribution in [3.05, 3.63) is 24.7 Å².